The van der Waals surface area contributed by atoms with E-state index in [-0.39, 0.29) is 36.8 Å². The number of carbonyl (C=O) groups is 4. The topological polar surface area (TPSA) is 104 Å². The van der Waals surface area contributed by atoms with Gasteiger partial charge in [-0.3, -0.25) is 29.0 Å². The molecule has 0 atom stereocenters. The number of nitrogens with zero attached hydrogens (tertiary/aromatic N) is 2. The van der Waals surface area contributed by atoms with Crippen molar-refractivity contribution in [2.24, 2.45) is 0 Å². The lowest BCUT2D eigenvalue weighted by atomic mass is 10.5. The van der Waals surface area contributed by atoms with Crippen LogP contribution in [-0.4, -0.2) is 71.4 Å². The number of amides is 4. The second-order valence-electron chi connectivity index (χ2n) is 4.66. The van der Waals surface area contributed by atoms with E-state index in [9.17, 15) is 19.2 Å². The lowest BCUT2D eigenvalue weighted by Crippen LogP contribution is -2.33. The number of ether oxygens (including phenoxy) is 1. The van der Waals surface area contributed by atoms with Crippen molar-refractivity contribution >= 4 is 23.6 Å². The summed E-state index contributed by atoms with van der Waals surface area (Å²) < 4.78 is 5.17. The summed E-state index contributed by atoms with van der Waals surface area (Å²) in [5, 5.41) is 8.39. The molecule has 8 nitrogen and oxygen atoms in total. The van der Waals surface area contributed by atoms with Crippen molar-refractivity contribution in [1.29, 1.82) is 0 Å². The summed E-state index contributed by atoms with van der Waals surface area (Å²) in [5.74, 6) is -1.19. The number of imide groups is 2. The molecule has 2 rings (SSSR count). The molecule has 0 saturated carbocycles. The van der Waals surface area contributed by atoms with Gasteiger partial charge in [0, 0.05) is 30.9 Å². The maximum Gasteiger partial charge on any atom is 0.253 e. The van der Waals surface area contributed by atoms with Gasteiger partial charge in [0.25, 0.3) is 23.6 Å². The Balaban J connectivity index is 0.000000238. The molecule has 0 bridgehead atoms. The molecule has 0 unspecified atom stereocenters. The van der Waals surface area contributed by atoms with E-state index in [0.717, 1.165) is 11.3 Å². The summed E-state index contributed by atoms with van der Waals surface area (Å²) in [6, 6.07) is 0. The molecule has 0 aromatic heterocycles. The van der Waals surface area contributed by atoms with E-state index in [1.165, 1.54) is 29.2 Å². The van der Waals surface area contributed by atoms with Crippen LogP contribution in [0.3, 0.4) is 0 Å². The molecular weight excluding hydrogens is 304 g/mol. The van der Waals surface area contributed by atoms with Crippen molar-refractivity contribution in [3.05, 3.63) is 24.3 Å². The highest BCUT2D eigenvalue weighted by Gasteiger charge is 2.22. The second kappa shape index (κ2) is 9.65. The van der Waals surface area contributed by atoms with Crippen LogP contribution in [0.15, 0.2) is 24.3 Å². The Morgan fingerprint density at radius 3 is 1.65 bits per heavy atom. The fourth-order valence-electron chi connectivity index (χ4n) is 1.81. The molecule has 0 spiro atoms. The number of carbonyl (C=O) groups excluding carboxylic acids is 4. The van der Waals surface area contributed by atoms with E-state index < -0.39 is 0 Å². The van der Waals surface area contributed by atoms with Crippen molar-refractivity contribution < 1.29 is 29.0 Å². The van der Waals surface area contributed by atoms with Crippen LogP contribution in [0.1, 0.15) is 13.3 Å². The van der Waals surface area contributed by atoms with Gasteiger partial charge in [-0.05, 0) is 6.42 Å². The average Bonchev–Trinajstić information content (AvgIpc) is 3.02. The zero-order chi connectivity index (χ0) is 17.2. The van der Waals surface area contributed by atoms with E-state index in [1.807, 2.05) is 6.92 Å². The van der Waals surface area contributed by atoms with Gasteiger partial charge < -0.3 is 9.84 Å². The lowest BCUT2D eigenvalue weighted by molar-refractivity contribution is -0.139. The Bertz CT molecular complexity index is 490. The van der Waals surface area contributed by atoms with Crippen molar-refractivity contribution in [3.63, 3.8) is 0 Å². The van der Waals surface area contributed by atoms with Gasteiger partial charge in [-0.15, -0.1) is 0 Å². The van der Waals surface area contributed by atoms with E-state index in [1.54, 1.807) is 0 Å². The van der Waals surface area contributed by atoms with Crippen LogP contribution >= 0.6 is 0 Å². The number of hydrogen-bond donors (Lipinski definition) is 1. The van der Waals surface area contributed by atoms with Gasteiger partial charge in [-0.25, -0.2) is 0 Å². The van der Waals surface area contributed by atoms with Gasteiger partial charge in [0.15, 0.2) is 0 Å². The molecular formula is C15H20N2O6. The SMILES string of the molecule is CCCOCCN1C(=O)C=CC1=O.O=C1C=CC(=O)N1CCO. The molecule has 2 aliphatic heterocycles. The van der Waals surface area contributed by atoms with Crippen LogP contribution in [0.25, 0.3) is 0 Å². The number of aliphatic hydroxyl groups excluding tert-OH is 1. The highest BCUT2D eigenvalue weighted by molar-refractivity contribution is 6.13. The minimum absolute atomic E-state index is 0.0880. The van der Waals surface area contributed by atoms with Crippen molar-refractivity contribution in [2.75, 3.05) is 32.9 Å². The van der Waals surface area contributed by atoms with Crippen LogP contribution in [0, 0.1) is 0 Å². The number of aliphatic hydroxyl groups is 1. The summed E-state index contributed by atoms with van der Waals surface area (Å²) in [7, 11) is 0. The lowest BCUT2D eigenvalue weighted by Gasteiger charge is -2.12. The predicted octanol–water partition coefficient (Wildman–Crippen LogP) is -0.758. The van der Waals surface area contributed by atoms with Crippen LogP contribution < -0.4 is 0 Å². The fourth-order valence-corrected chi connectivity index (χ4v) is 1.81. The Hall–Kier alpha value is -2.32. The maximum absolute atomic E-state index is 11.0. The first-order valence-corrected chi connectivity index (χ1v) is 7.27. The molecule has 1 N–H and O–H groups in total. The summed E-state index contributed by atoms with van der Waals surface area (Å²) in [4.78, 5) is 45.5. The van der Waals surface area contributed by atoms with Crippen molar-refractivity contribution in [1.82, 2.24) is 9.80 Å². The Kier molecular flexibility index (Phi) is 7.86. The van der Waals surface area contributed by atoms with E-state index in [0.29, 0.717) is 19.8 Å². The van der Waals surface area contributed by atoms with Gasteiger partial charge in [0.05, 0.1) is 26.3 Å². The second-order valence-corrected chi connectivity index (χ2v) is 4.66. The summed E-state index contributed by atoms with van der Waals surface area (Å²) in [5.41, 5.74) is 0. The highest BCUT2D eigenvalue weighted by Crippen LogP contribution is 2.02. The number of β-amino-alcohol motifs (C(OH)–C–C–N with tert-alkyl or cyclic N) is 1. The average molecular weight is 324 g/mol. The van der Waals surface area contributed by atoms with Gasteiger partial charge in [-0.1, -0.05) is 6.92 Å². The number of rotatable bonds is 7. The fraction of sp³-hybridized carbons (Fsp3) is 0.467. The molecule has 0 aromatic carbocycles. The van der Waals surface area contributed by atoms with Crippen LogP contribution in [-0.2, 0) is 23.9 Å². The molecule has 0 fully saturated rings. The predicted molar refractivity (Wildman–Crippen MR) is 79.9 cm³/mol. The van der Waals surface area contributed by atoms with Crippen LogP contribution in [0.2, 0.25) is 0 Å². The van der Waals surface area contributed by atoms with Gasteiger partial charge in [0.2, 0.25) is 0 Å². The molecule has 8 heteroatoms. The first kappa shape index (κ1) is 18.7. The van der Waals surface area contributed by atoms with E-state index in [2.05, 4.69) is 0 Å². The van der Waals surface area contributed by atoms with Crippen molar-refractivity contribution in [3.8, 4) is 0 Å². The summed E-state index contributed by atoms with van der Waals surface area (Å²) in [6.45, 7) is 3.36. The molecule has 0 radical (unpaired) electrons. The minimum atomic E-state index is -0.348. The van der Waals surface area contributed by atoms with Crippen LogP contribution in [0.4, 0.5) is 0 Å². The first-order valence-electron chi connectivity index (χ1n) is 7.27. The Labute approximate surface area is 134 Å². The first-order chi connectivity index (χ1) is 11.0. The molecule has 126 valence electrons. The molecule has 0 aromatic rings. The quantitative estimate of drug-likeness (QED) is 0.488. The smallest absolute Gasteiger partial charge is 0.253 e. The summed E-state index contributed by atoms with van der Waals surface area (Å²) in [6.07, 6.45) is 5.89. The van der Waals surface area contributed by atoms with Crippen molar-refractivity contribution in [2.45, 2.75) is 13.3 Å². The summed E-state index contributed by atoms with van der Waals surface area (Å²) >= 11 is 0. The molecule has 0 saturated heterocycles. The molecule has 4 amide bonds. The molecule has 0 aliphatic carbocycles. The molecule has 2 aliphatic rings. The third-order valence-corrected chi connectivity index (χ3v) is 2.93. The third-order valence-electron chi connectivity index (χ3n) is 2.93. The highest BCUT2D eigenvalue weighted by atomic mass is 16.5. The third kappa shape index (κ3) is 5.76. The molecule has 23 heavy (non-hydrogen) atoms. The zero-order valence-corrected chi connectivity index (χ0v) is 12.9. The van der Waals surface area contributed by atoms with E-state index >= 15 is 0 Å². The van der Waals surface area contributed by atoms with Gasteiger partial charge >= 0.3 is 0 Å². The van der Waals surface area contributed by atoms with E-state index in [4.69, 9.17) is 9.84 Å². The van der Waals surface area contributed by atoms with Crippen LogP contribution in [0.5, 0.6) is 0 Å². The standard InChI is InChI=1S/C9H13NO3.C6H7NO3/c1-2-6-13-7-5-10-8(11)3-4-9(10)12;8-4-3-7-5(9)1-2-6(7)10/h3-4H,2,5-7H2,1H3;1-2,8H,3-4H2. The number of hydrogen-bond acceptors (Lipinski definition) is 6. The zero-order valence-electron chi connectivity index (χ0n) is 12.9. The molecule has 2 heterocycles. The van der Waals surface area contributed by atoms with Gasteiger partial charge in [0.1, 0.15) is 0 Å². The maximum atomic E-state index is 11.0. The van der Waals surface area contributed by atoms with Gasteiger partial charge in [-0.2, -0.15) is 0 Å². The largest absolute Gasteiger partial charge is 0.395 e. The Morgan fingerprint density at radius 1 is 0.826 bits per heavy atom. The monoisotopic (exact) mass is 324 g/mol. The minimum Gasteiger partial charge on any atom is -0.395 e. The normalized spacial score (nSPS) is 16.4. The Morgan fingerprint density at radius 2 is 1.26 bits per heavy atom.